The summed E-state index contributed by atoms with van der Waals surface area (Å²) in [5.41, 5.74) is 3.93. The lowest BCUT2D eigenvalue weighted by molar-refractivity contribution is 0.365. The predicted molar refractivity (Wildman–Crippen MR) is 123 cm³/mol. The van der Waals surface area contributed by atoms with Crippen LogP contribution in [0.2, 0.25) is 0 Å². The van der Waals surface area contributed by atoms with Gasteiger partial charge < -0.3 is 14.2 Å². The Bertz CT molecular complexity index is 1220. The summed E-state index contributed by atoms with van der Waals surface area (Å²) in [5, 5.41) is 4.83. The van der Waals surface area contributed by atoms with Crippen LogP contribution >= 0.6 is 0 Å². The van der Waals surface area contributed by atoms with E-state index in [9.17, 15) is 0 Å². The Labute approximate surface area is 187 Å². The molecule has 4 aromatic rings. The van der Waals surface area contributed by atoms with Crippen molar-refractivity contribution in [2.45, 2.75) is 19.3 Å². The molecule has 0 amide bonds. The van der Waals surface area contributed by atoms with Crippen LogP contribution in [0.3, 0.4) is 0 Å². The second-order valence-electron chi connectivity index (χ2n) is 7.79. The van der Waals surface area contributed by atoms with Crippen LogP contribution < -0.4 is 14.2 Å². The van der Waals surface area contributed by atoms with Gasteiger partial charge in [-0.1, -0.05) is 6.07 Å². The van der Waals surface area contributed by atoms with Crippen molar-refractivity contribution in [3.63, 3.8) is 0 Å². The summed E-state index contributed by atoms with van der Waals surface area (Å²) in [4.78, 5) is 9.31. The van der Waals surface area contributed by atoms with Gasteiger partial charge in [-0.3, -0.25) is 4.98 Å². The quantitative estimate of drug-likeness (QED) is 0.424. The van der Waals surface area contributed by atoms with Crippen molar-refractivity contribution >= 4 is 0 Å². The lowest BCUT2D eigenvalue weighted by atomic mass is 9.85. The van der Waals surface area contributed by atoms with Crippen LogP contribution in [-0.4, -0.2) is 41.1 Å². The number of nitrogens with zero attached hydrogens (tertiary/aromatic N) is 4. The summed E-state index contributed by atoms with van der Waals surface area (Å²) < 4.78 is 17.8. The molecule has 7 heteroatoms. The molecular formula is C25H26N4O3. The van der Waals surface area contributed by atoms with Gasteiger partial charge in [0.05, 0.1) is 55.1 Å². The van der Waals surface area contributed by atoms with Crippen molar-refractivity contribution in [1.29, 1.82) is 0 Å². The number of aromatic nitrogens is 4. The Morgan fingerprint density at radius 2 is 1.53 bits per heavy atom. The Kier molecular flexibility index (Phi) is 5.81. The highest BCUT2D eigenvalue weighted by Gasteiger charge is 2.28. The third-order valence-electron chi connectivity index (χ3n) is 5.47. The number of hydrogen-bond donors (Lipinski definition) is 0. The minimum Gasteiger partial charge on any atom is -0.497 e. The van der Waals surface area contributed by atoms with Gasteiger partial charge in [-0.15, -0.1) is 0 Å². The Morgan fingerprint density at radius 1 is 0.750 bits per heavy atom. The second kappa shape index (κ2) is 8.70. The minimum absolute atomic E-state index is 0.416. The molecule has 0 N–H and O–H groups in total. The molecule has 0 unspecified atom stereocenters. The van der Waals surface area contributed by atoms with E-state index in [0.29, 0.717) is 11.8 Å². The van der Waals surface area contributed by atoms with E-state index in [4.69, 9.17) is 24.3 Å². The molecule has 4 rings (SSSR count). The molecule has 0 aliphatic rings. The zero-order chi connectivity index (χ0) is 22.7. The van der Waals surface area contributed by atoms with Crippen LogP contribution in [0.4, 0.5) is 0 Å². The molecule has 32 heavy (non-hydrogen) atoms. The average molecular weight is 431 g/mol. The van der Waals surface area contributed by atoms with Gasteiger partial charge in [-0.05, 0) is 62.4 Å². The standard InChI is InChI=1S/C25H26N4O3/c1-25(2,22-15-16-29(28-22)17-9-11-18(30-3)12-10-17)21-8-6-7-20(26-21)19-13-14-23(31-4)27-24(19)32-5/h6-16H,1-5H3. The molecule has 0 saturated carbocycles. The molecule has 164 valence electrons. The molecule has 0 aliphatic carbocycles. The monoisotopic (exact) mass is 430 g/mol. The smallest absolute Gasteiger partial charge is 0.225 e. The first-order chi connectivity index (χ1) is 15.5. The van der Waals surface area contributed by atoms with Crippen molar-refractivity contribution in [3.8, 4) is 34.5 Å². The van der Waals surface area contributed by atoms with Gasteiger partial charge in [-0.2, -0.15) is 10.1 Å². The fraction of sp³-hybridized carbons (Fsp3) is 0.240. The number of methoxy groups -OCH3 is 3. The Hall–Kier alpha value is -3.87. The molecular weight excluding hydrogens is 404 g/mol. The third kappa shape index (κ3) is 4.01. The molecule has 0 aliphatic heterocycles. The molecule has 0 fully saturated rings. The normalized spacial score (nSPS) is 11.3. The van der Waals surface area contributed by atoms with Crippen molar-refractivity contribution < 1.29 is 14.2 Å². The highest BCUT2D eigenvalue weighted by atomic mass is 16.5. The molecule has 0 atom stereocenters. The lowest BCUT2D eigenvalue weighted by Gasteiger charge is -2.22. The maximum atomic E-state index is 5.47. The summed E-state index contributed by atoms with van der Waals surface area (Å²) in [5.74, 6) is 1.77. The topological polar surface area (TPSA) is 71.3 Å². The zero-order valence-electron chi connectivity index (χ0n) is 18.9. The van der Waals surface area contributed by atoms with E-state index in [1.165, 1.54) is 0 Å². The van der Waals surface area contributed by atoms with Gasteiger partial charge in [0.15, 0.2) is 0 Å². The van der Waals surface area contributed by atoms with E-state index in [0.717, 1.165) is 34.1 Å². The molecule has 3 heterocycles. The van der Waals surface area contributed by atoms with E-state index >= 15 is 0 Å². The average Bonchev–Trinajstić information content (AvgIpc) is 3.35. The summed E-state index contributed by atoms with van der Waals surface area (Å²) in [6, 6.07) is 19.5. The van der Waals surface area contributed by atoms with Crippen molar-refractivity contribution in [2.75, 3.05) is 21.3 Å². The van der Waals surface area contributed by atoms with E-state index < -0.39 is 5.41 Å². The van der Waals surface area contributed by atoms with E-state index in [-0.39, 0.29) is 0 Å². The van der Waals surface area contributed by atoms with Crippen molar-refractivity contribution in [2.24, 2.45) is 0 Å². The SMILES string of the molecule is COc1ccc(-n2ccc(C(C)(C)c3cccc(-c4ccc(OC)nc4OC)n3)n2)cc1. The Balaban J connectivity index is 1.67. The summed E-state index contributed by atoms with van der Waals surface area (Å²) in [6.07, 6.45) is 1.96. The molecule has 0 saturated heterocycles. The first kappa shape index (κ1) is 21.4. The summed E-state index contributed by atoms with van der Waals surface area (Å²) in [7, 11) is 4.82. The molecule has 0 bridgehead atoms. The number of pyridine rings is 2. The summed E-state index contributed by atoms with van der Waals surface area (Å²) in [6.45, 7) is 4.23. The zero-order valence-corrected chi connectivity index (χ0v) is 18.9. The highest BCUT2D eigenvalue weighted by molar-refractivity contribution is 5.66. The highest BCUT2D eigenvalue weighted by Crippen LogP contribution is 2.33. The number of benzene rings is 1. The summed E-state index contributed by atoms with van der Waals surface area (Å²) >= 11 is 0. The molecule has 3 aromatic heterocycles. The van der Waals surface area contributed by atoms with Crippen LogP contribution in [0.5, 0.6) is 17.5 Å². The second-order valence-corrected chi connectivity index (χ2v) is 7.79. The van der Waals surface area contributed by atoms with Gasteiger partial charge in [0.2, 0.25) is 11.8 Å². The molecule has 0 spiro atoms. The predicted octanol–water partition coefficient (Wildman–Crippen LogP) is 4.68. The van der Waals surface area contributed by atoms with Gasteiger partial charge in [0, 0.05) is 12.3 Å². The van der Waals surface area contributed by atoms with Crippen LogP contribution in [0.25, 0.3) is 16.9 Å². The first-order valence-corrected chi connectivity index (χ1v) is 10.2. The first-order valence-electron chi connectivity index (χ1n) is 10.2. The van der Waals surface area contributed by atoms with E-state index in [1.807, 2.05) is 65.5 Å². The fourth-order valence-electron chi connectivity index (χ4n) is 3.49. The molecule has 1 aromatic carbocycles. The van der Waals surface area contributed by atoms with Gasteiger partial charge in [-0.25, -0.2) is 4.68 Å². The number of ether oxygens (including phenoxy) is 3. The number of rotatable bonds is 7. The van der Waals surface area contributed by atoms with Crippen LogP contribution in [0.1, 0.15) is 25.2 Å². The van der Waals surface area contributed by atoms with Crippen LogP contribution in [0, 0.1) is 0 Å². The third-order valence-corrected chi connectivity index (χ3v) is 5.47. The minimum atomic E-state index is -0.416. The van der Waals surface area contributed by atoms with Crippen LogP contribution in [0.15, 0.2) is 66.9 Å². The fourth-order valence-corrected chi connectivity index (χ4v) is 3.49. The molecule has 0 radical (unpaired) electrons. The lowest BCUT2D eigenvalue weighted by Crippen LogP contribution is -2.22. The maximum Gasteiger partial charge on any atom is 0.225 e. The van der Waals surface area contributed by atoms with Gasteiger partial charge in [0.1, 0.15) is 5.75 Å². The van der Waals surface area contributed by atoms with E-state index in [2.05, 4.69) is 18.8 Å². The van der Waals surface area contributed by atoms with Gasteiger partial charge >= 0.3 is 0 Å². The van der Waals surface area contributed by atoms with Gasteiger partial charge in [0.25, 0.3) is 0 Å². The Morgan fingerprint density at radius 3 is 2.22 bits per heavy atom. The number of hydrogen-bond acceptors (Lipinski definition) is 6. The molecule has 7 nitrogen and oxygen atoms in total. The van der Waals surface area contributed by atoms with E-state index in [1.54, 1.807) is 27.4 Å². The van der Waals surface area contributed by atoms with Crippen molar-refractivity contribution in [3.05, 3.63) is 78.2 Å². The largest absolute Gasteiger partial charge is 0.497 e. The maximum absolute atomic E-state index is 5.47. The van der Waals surface area contributed by atoms with Crippen LogP contribution in [-0.2, 0) is 5.41 Å². The van der Waals surface area contributed by atoms with Crippen molar-refractivity contribution in [1.82, 2.24) is 19.7 Å².